The first kappa shape index (κ1) is 35.9. The predicted molar refractivity (Wildman–Crippen MR) is 136 cm³/mol. The third-order valence-corrected chi connectivity index (χ3v) is 6.66. The number of aliphatic hydroxyl groups is 2. The summed E-state index contributed by atoms with van der Waals surface area (Å²) in [7, 11) is -4.76. The second-order valence-electron chi connectivity index (χ2n) is 8.55. The molecule has 3 unspecified atom stereocenters. The summed E-state index contributed by atoms with van der Waals surface area (Å²) in [5.74, 6) is -1.61. The molecule has 3 atom stereocenters. The van der Waals surface area contributed by atoms with E-state index in [1.165, 1.54) is 0 Å². The summed E-state index contributed by atoms with van der Waals surface area (Å²) in [6.45, 7) is 9.77. The molecular weight excluding hydrogens is 478 g/mol. The van der Waals surface area contributed by atoms with E-state index in [0.717, 1.165) is 51.4 Å². The van der Waals surface area contributed by atoms with Gasteiger partial charge in [-0.3, -0.25) is 14.1 Å². The molecule has 0 heterocycles. The lowest BCUT2D eigenvalue weighted by Crippen LogP contribution is -2.35. The zero-order valence-electron chi connectivity index (χ0n) is 22.0. The number of ether oxygens (including phenoxy) is 2. The Morgan fingerprint density at radius 2 is 1.29 bits per heavy atom. The number of nitrogens with one attached hydrogen (secondary N) is 1. The Labute approximate surface area is 211 Å². The molecule has 0 saturated heterocycles. The van der Waals surface area contributed by atoms with Crippen LogP contribution in [0.3, 0.4) is 0 Å². The van der Waals surface area contributed by atoms with Crippen LogP contribution >= 0.6 is 0 Å². The van der Waals surface area contributed by atoms with Gasteiger partial charge in [-0.25, -0.2) is 0 Å². The first-order chi connectivity index (χ1) is 16.6. The van der Waals surface area contributed by atoms with Gasteiger partial charge in [0.1, 0.15) is 0 Å². The fourth-order valence-electron chi connectivity index (χ4n) is 3.10. The number of hydrogen-bond acceptors (Lipinski definition) is 9. The minimum absolute atomic E-state index is 0.0747. The number of aliphatic hydroxyl groups excluding tert-OH is 2. The Kier molecular flexibility index (Phi) is 23.7. The average molecular weight is 528 g/mol. The summed E-state index contributed by atoms with van der Waals surface area (Å²) < 4.78 is 42.8. The topological polar surface area (TPSA) is 159 Å². The van der Waals surface area contributed by atoms with Crippen LogP contribution in [0.2, 0.25) is 0 Å². The second kappa shape index (κ2) is 23.1. The van der Waals surface area contributed by atoms with Gasteiger partial charge < -0.3 is 25.0 Å². The third-order valence-electron chi connectivity index (χ3n) is 5.58. The number of rotatable bonds is 20. The number of carbonyl (C=O) groups is 2. The molecule has 10 nitrogen and oxygen atoms in total. The monoisotopic (exact) mass is 527 g/mol. The van der Waals surface area contributed by atoms with Crippen LogP contribution in [0.5, 0.6) is 0 Å². The summed E-state index contributed by atoms with van der Waals surface area (Å²) in [5.41, 5.74) is 0. The molecule has 11 heteroatoms. The highest BCUT2D eigenvalue weighted by molar-refractivity contribution is 7.87. The van der Waals surface area contributed by atoms with Crippen LogP contribution in [0.1, 0.15) is 85.5 Å². The number of carbonyl (C=O) groups excluding carboxylic acids is 2. The van der Waals surface area contributed by atoms with Gasteiger partial charge in [-0.1, -0.05) is 66.2 Å². The van der Waals surface area contributed by atoms with E-state index in [2.05, 4.69) is 19.2 Å². The van der Waals surface area contributed by atoms with E-state index >= 15 is 0 Å². The Morgan fingerprint density at radius 3 is 1.66 bits per heavy atom. The fraction of sp³-hybridized carbons (Fsp3) is 0.917. The zero-order valence-corrected chi connectivity index (χ0v) is 22.9. The van der Waals surface area contributed by atoms with E-state index in [1.807, 2.05) is 13.8 Å². The molecule has 0 aromatic carbocycles. The SMILES string of the molecule is CCCCC(CC)COC(=O)CC(C(=O)OCC(CC)CCCC)S(=O)(=O)O.OCCNCCO. The van der Waals surface area contributed by atoms with Crippen molar-refractivity contribution in [2.24, 2.45) is 11.8 Å². The lowest BCUT2D eigenvalue weighted by atomic mass is 10.0. The van der Waals surface area contributed by atoms with E-state index in [1.54, 1.807) is 0 Å². The van der Waals surface area contributed by atoms with Crippen LogP contribution in [0.15, 0.2) is 0 Å². The van der Waals surface area contributed by atoms with Gasteiger partial charge in [0.25, 0.3) is 10.1 Å². The Bertz CT molecular complexity index is 624. The van der Waals surface area contributed by atoms with Crippen LogP contribution in [-0.4, -0.2) is 79.9 Å². The lowest BCUT2D eigenvalue weighted by Gasteiger charge is -2.18. The zero-order chi connectivity index (χ0) is 27.1. The lowest BCUT2D eigenvalue weighted by molar-refractivity contribution is -0.151. The number of unbranched alkanes of at least 4 members (excludes halogenated alkanes) is 2. The minimum atomic E-state index is -4.76. The number of esters is 2. The van der Waals surface area contributed by atoms with E-state index in [-0.39, 0.29) is 38.3 Å². The van der Waals surface area contributed by atoms with Crippen LogP contribution in [-0.2, 0) is 29.2 Å². The van der Waals surface area contributed by atoms with Crippen LogP contribution in [0.4, 0.5) is 0 Å². The average Bonchev–Trinajstić information content (AvgIpc) is 2.82. The second-order valence-corrected chi connectivity index (χ2v) is 10.1. The molecule has 0 rings (SSSR count). The van der Waals surface area contributed by atoms with Gasteiger partial charge in [0.2, 0.25) is 0 Å². The Morgan fingerprint density at radius 1 is 0.829 bits per heavy atom. The normalized spacial score (nSPS) is 13.8. The van der Waals surface area contributed by atoms with Gasteiger partial charge in [0, 0.05) is 13.1 Å². The van der Waals surface area contributed by atoms with Crippen LogP contribution in [0, 0.1) is 11.8 Å². The van der Waals surface area contributed by atoms with Gasteiger partial charge in [-0.2, -0.15) is 8.42 Å². The molecule has 0 bridgehead atoms. The standard InChI is InChI=1S/C20H38O7S.C4H11NO2/c1-5-9-11-16(7-3)14-26-19(21)13-18(28(23,24)25)20(22)27-15-17(8-4)12-10-6-2;6-3-1-5-2-4-7/h16-18H,5-15H2,1-4H3,(H,23,24,25);5-7H,1-4H2. The molecule has 210 valence electrons. The molecule has 4 N–H and O–H groups in total. The molecule has 0 aliphatic rings. The molecule has 0 aliphatic carbocycles. The van der Waals surface area contributed by atoms with Crippen molar-refractivity contribution in [1.29, 1.82) is 0 Å². The highest BCUT2D eigenvalue weighted by atomic mass is 32.2. The van der Waals surface area contributed by atoms with Gasteiger partial charge in [-0.15, -0.1) is 0 Å². The largest absolute Gasteiger partial charge is 0.465 e. The van der Waals surface area contributed by atoms with E-state index < -0.39 is 33.7 Å². The summed E-state index contributed by atoms with van der Waals surface area (Å²) in [6, 6.07) is 0. The minimum Gasteiger partial charge on any atom is -0.465 e. The van der Waals surface area contributed by atoms with Crippen LogP contribution < -0.4 is 5.32 Å². The molecule has 0 saturated carbocycles. The maximum atomic E-state index is 12.2. The van der Waals surface area contributed by atoms with Gasteiger partial charge in [0.15, 0.2) is 5.25 Å². The van der Waals surface area contributed by atoms with Crippen molar-refractivity contribution in [3.8, 4) is 0 Å². The van der Waals surface area contributed by atoms with E-state index in [0.29, 0.717) is 13.1 Å². The molecule has 0 fully saturated rings. The first-order valence-electron chi connectivity index (χ1n) is 12.8. The van der Waals surface area contributed by atoms with E-state index in [9.17, 15) is 22.6 Å². The smallest absolute Gasteiger partial charge is 0.327 e. The number of hydrogen-bond donors (Lipinski definition) is 4. The quantitative estimate of drug-likeness (QED) is 0.105. The van der Waals surface area contributed by atoms with Gasteiger partial charge in [0.05, 0.1) is 32.8 Å². The highest BCUT2D eigenvalue weighted by Gasteiger charge is 2.36. The molecule has 0 radical (unpaired) electrons. The molecule has 0 aromatic rings. The first-order valence-corrected chi connectivity index (χ1v) is 14.3. The van der Waals surface area contributed by atoms with Crippen molar-refractivity contribution in [2.75, 3.05) is 39.5 Å². The summed E-state index contributed by atoms with van der Waals surface area (Å²) in [4.78, 5) is 24.2. The molecule has 0 amide bonds. The van der Waals surface area contributed by atoms with Crippen molar-refractivity contribution in [3.05, 3.63) is 0 Å². The van der Waals surface area contributed by atoms with Crippen molar-refractivity contribution in [2.45, 2.75) is 90.7 Å². The Balaban J connectivity index is 0. The van der Waals surface area contributed by atoms with Crippen LogP contribution in [0.25, 0.3) is 0 Å². The molecule has 0 aromatic heterocycles. The highest BCUT2D eigenvalue weighted by Crippen LogP contribution is 2.17. The molecule has 0 spiro atoms. The van der Waals surface area contributed by atoms with Gasteiger partial charge in [-0.05, 0) is 24.7 Å². The Hall–Kier alpha value is -1.27. The summed E-state index contributed by atoms with van der Waals surface area (Å²) in [6.07, 6.45) is 6.74. The van der Waals surface area contributed by atoms with Crippen molar-refractivity contribution in [3.63, 3.8) is 0 Å². The molecule has 35 heavy (non-hydrogen) atoms. The van der Waals surface area contributed by atoms with Crippen molar-refractivity contribution >= 4 is 22.1 Å². The van der Waals surface area contributed by atoms with E-state index in [4.69, 9.17) is 19.7 Å². The predicted octanol–water partition coefficient (Wildman–Crippen LogP) is 2.71. The third kappa shape index (κ3) is 20.6. The maximum absolute atomic E-state index is 12.2. The fourth-order valence-corrected chi connectivity index (χ4v) is 3.76. The van der Waals surface area contributed by atoms with Gasteiger partial charge >= 0.3 is 11.9 Å². The summed E-state index contributed by atoms with van der Waals surface area (Å²) >= 11 is 0. The molecular formula is C24H49NO9S. The van der Waals surface area contributed by atoms with Crippen molar-refractivity contribution in [1.82, 2.24) is 5.32 Å². The summed E-state index contributed by atoms with van der Waals surface area (Å²) in [5, 5.41) is 17.1. The van der Waals surface area contributed by atoms with Crippen molar-refractivity contribution < 1.29 is 42.2 Å². The maximum Gasteiger partial charge on any atom is 0.327 e. The molecule has 0 aliphatic heterocycles.